The van der Waals surface area contributed by atoms with E-state index < -0.39 is 0 Å². The molecule has 0 saturated carbocycles. The summed E-state index contributed by atoms with van der Waals surface area (Å²) in [6, 6.07) is 25.9. The van der Waals surface area contributed by atoms with E-state index in [2.05, 4.69) is 39.5 Å². The molecular formula is C25H28N4O2. The fraction of sp³-hybridized carbons (Fsp3) is 0.240. The van der Waals surface area contributed by atoms with Gasteiger partial charge in [0.25, 0.3) is 0 Å². The molecule has 1 heterocycles. The summed E-state index contributed by atoms with van der Waals surface area (Å²) >= 11 is 0. The lowest BCUT2D eigenvalue weighted by molar-refractivity contribution is 0.0342. The smallest absolute Gasteiger partial charge is 0.193 e. The van der Waals surface area contributed by atoms with E-state index in [-0.39, 0.29) is 0 Å². The van der Waals surface area contributed by atoms with Gasteiger partial charge in [0.2, 0.25) is 0 Å². The molecule has 0 spiro atoms. The minimum Gasteiger partial charge on any atom is -0.457 e. The summed E-state index contributed by atoms with van der Waals surface area (Å²) in [7, 11) is 0. The molecule has 1 saturated heterocycles. The molecule has 1 aliphatic rings. The zero-order valence-electron chi connectivity index (χ0n) is 17.5. The Labute approximate surface area is 183 Å². The number of para-hydroxylation sites is 1. The number of morpholine rings is 1. The monoisotopic (exact) mass is 416 g/mol. The second kappa shape index (κ2) is 10.6. The lowest BCUT2D eigenvalue weighted by Crippen LogP contribution is -2.35. The minimum atomic E-state index is 0.370. The minimum absolute atomic E-state index is 0.370. The van der Waals surface area contributed by atoms with Crippen molar-refractivity contribution in [2.24, 2.45) is 10.7 Å². The number of rotatable bonds is 7. The molecule has 1 aliphatic heterocycles. The van der Waals surface area contributed by atoms with Crippen LogP contribution >= 0.6 is 0 Å². The summed E-state index contributed by atoms with van der Waals surface area (Å²) < 4.78 is 11.3. The maximum atomic E-state index is 6.09. The molecule has 3 aromatic rings. The average Bonchev–Trinajstić information content (AvgIpc) is 2.80. The number of nitrogens with zero attached hydrogens (tertiary/aromatic N) is 2. The van der Waals surface area contributed by atoms with Crippen LogP contribution < -0.4 is 15.8 Å². The van der Waals surface area contributed by atoms with Crippen LogP contribution in [0.25, 0.3) is 0 Å². The Hall–Kier alpha value is -3.35. The van der Waals surface area contributed by atoms with Crippen LogP contribution in [0.1, 0.15) is 11.1 Å². The Bertz CT molecular complexity index is 984. The van der Waals surface area contributed by atoms with E-state index in [1.165, 1.54) is 5.56 Å². The van der Waals surface area contributed by atoms with Gasteiger partial charge in [-0.05, 0) is 35.4 Å². The third-order valence-corrected chi connectivity index (χ3v) is 5.05. The molecule has 0 radical (unpaired) electrons. The molecule has 3 N–H and O–H groups in total. The Morgan fingerprint density at radius 3 is 2.39 bits per heavy atom. The molecule has 0 aromatic heterocycles. The molecule has 6 nitrogen and oxygen atoms in total. The first-order valence-corrected chi connectivity index (χ1v) is 10.5. The number of benzene rings is 3. The van der Waals surface area contributed by atoms with Crippen LogP contribution in [0.2, 0.25) is 0 Å². The maximum Gasteiger partial charge on any atom is 0.193 e. The highest BCUT2D eigenvalue weighted by molar-refractivity contribution is 5.92. The first kappa shape index (κ1) is 20.9. The molecule has 3 aromatic carbocycles. The van der Waals surface area contributed by atoms with Gasteiger partial charge in [-0.2, -0.15) is 0 Å². The fourth-order valence-electron chi connectivity index (χ4n) is 3.39. The van der Waals surface area contributed by atoms with Crippen LogP contribution in [-0.2, 0) is 17.8 Å². The van der Waals surface area contributed by atoms with Crippen molar-refractivity contribution in [1.29, 1.82) is 0 Å². The highest BCUT2D eigenvalue weighted by Gasteiger charge is 2.10. The van der Waals surface area contributed by atoms with Crippen molar-refractivity contribution in [1.82, 2.24) is 4.90 Å². The summed E-state index contributed by atoms with van der Waals surface area (Å²) in [5, 5.41) is 3.13. The number of aliphatic imine (C=N–C) groups is 1. The van der Waals surface area contributed by atoms with Crippen LogP contribution in [0.3, 0.4) is 0 Å². The molecule has 4 rings (SSSR count). The number of ether oxygens (including phenoxy) is 2. The van der Waals surface area contributed by atoms with Crippen molar-refractivity contribution in [3.05, 3.63) is 90.0 Å². The number of nitrogens with one attached hydrogen (secondary N) is 1. The van der Waals surface area contributed by atoms with Gasteiger partial charge in [-0.3, -0.25) is 4.90 Å². The topological polar surface area (TPSA) is 72.1 Å². The molecule has 0 amide bonds. The number of guanidine groups is 1. The van der Waals surface area contributed by atoms with Gasteiger partial charge in [-0.1, -0.05) is 48.5 Å². The van der Waals surface area contributed by atoms with Gasteiger partial charge in [0.05, 0.1) is 19.8 Å². The van der Waals surface area contributed by atoms with E-state index in [0.29, 0.717) is 12.5 Å². The van der Waals surface area contributed by atoms with Gasteiger partial charge >= 0.3 is 0 Å². The molecule has 1 fully saturated rings. The van der Waals surface area contributed by atoms with Crippen molar-refractivity contribution in [3.8, 4) is 11.5 Å². The van der Waals surface area contributed by atoms with E-state index >= 15 is 0 Å². The number of hydrogen-bond acceptors (Lipinski definition) is 4. The van der Waals surface area contributed by atoms with Crippen molar-refractivity contribution in [2.45, 2.75) is 13.1 Å². The lowest BCUT2D eigenvalue weighted by atomic mass is 10.1. The predicted octanol–water partition coefficient (Wildman–Crippen LogP) is 4.24. The van der Waals surface area contributed by atoms with Crippen LogP contribution in [0.4, 0.5) is 5.69 Å². The zero-order chi connectivity index (χ0) is 21.3. The summed E-state index contributed by atoms with van der Waals surface area (Å²) in [5.74, 6) is 1.90. The van der Waals surface area contributed by atoms with Gasteiger partial charge in [0.15, 0.2) is 5.96 Å². The summed E-state index contributed by atoms with van der Waals surface area (Å²) in [5.41, 5.74) is 9.34. The van der Waals surface area contributed by atoms with Gasteiger partial charge < -0.3 is 20.5 Å². The standard InChI is InChI=1S/C25H28N4O2/c26-25(28-22-5-4-8-24(17-22)31-23-6-2-1-3-7-23)27-18-20-9-11-21(12-10-20)19-29-13-15-30-16-14-29/h1-12,17H,13-16,18-19H2,(H3,26,27,28). The van der Waals surface area contributed by atoms with Crippen LogP contribution in [0, 0.1) is 0 Å². The second-order valence-electron chi connectivity index (χ2n) is 7.47. The number of anilines is 1. The SMILES string of the molecule is NC(=NCc1ccc(CN2CCOCC2)cc1)Nc1cccc(Oc2ccccc2)c1. The van der Waals surface area contributed by atoms with Gasteiger partial charge in [-0.15, -0.1) is 0 Å². The summed E-state index contributed by atoms with van der Waals surface area (Å²) in [6.45, 7) is 5.10. The molecule has 31 heavy (non-hydrogen) atoms. The quantitative estimate of drug-likeness (QED) is 0.445. The first-order valence-electron chi connectivity index (χ1n) is 10.5. The molecular weight excluding hydrogens is 388 g/mol. The van der Waals surface area contributed by atoms with Crippen molar-refractivity contribution < 1.29 is 9.47 Å². The maximum absolute atomic E-state index is 6.09. The van der Waals surface area contributed by atoms with E-state index in [9.17, 15) is 0 Å². The molecule has 0 unspecified atom stereocenters. The highest BCUT2D eigenvalue weighted by Crippen LogP contribution is 2.23. The van der Waals surface area contributed by atoms with Crippen LogP contribution in [0.15, 0.2) is 83.9 Å². The number of nitrogens with two attached hydrogens (primary N) is 1. The van der Waals surface area contributed by atoms with Gasteiger partial charge in [0, 0.05) is 31.4 Å². The molecule has 160 valence electrons. The van der Waals surface area contributed by atoms with Gasteiger partial charge in [0.1, 0.15) is 11.5 Å². The molecule has 0 atom stereocenters. The Morgan fingerprint density at radius 1 is 0.903 bits per heavy atom. The predicted molar refractivity (Wildman–Crippen MR) is 124 cm³/mol. The largest absolute Gasteiger partial charge is 0.457 e. The second-order valence-corrected chi connectivity index (χ2v) is 7.47. The van der Waals surface area contributed by atoms with E-state index in [1.54, 1.807) is 0 Å². The zero-order valence-corrected chi connectivity index (χ0v) is 17.5. The summed E-state index contributed by atoms with van der Waals surface area (Å²) in [4.78, 5) is 6.88. The fourth-order valence-corrected chi connectivity index (χ4v) is 3.39. The molecule has 0 bridgehead atoms. The van der Waals surface area contributed by atoms with E-state index in [1.807, 2.05) is 54.6 Å². The van der Waals surface area contributed by atoms with E-state index in [0.717, 1.165) is 55.6 Å². The van der Waals surface area contributed by atoms with Gasteiger partial charge in [-0.25, -0.2) is 4.99 Å². The molecule has 0 aliphatic carbocycles. The summed E-state index contributed by atoms with van der Waals surface area (Å²) in [6.07, 6.45) is 0. The average molecular weight is 417 g/mol. The lowest BCUT2D eigenvalue weighted by Gasteiger charge is -2.26. The van der Waals surface area contributed by atoms with Crippen molar-refractivity contribution in [3.63, 3.8) is 0 Å². The van der Waals surface area contributed by atoms with Crippen molar-refractivity contribution >= 4 is 11.6 Å². The highest BCUT2D eigenvalue weighted by atomic mass is 16.5. The van der Waals surface area contributed by atoms with Crippen LogP contribution in [0.5, 0.6) is 11.5 Å². The first-order chi connectivity index (χ1) is 15.2. The molecule has 6 heteroatoms. The Balaban J connectivity index is 1.30. The number of hydrogen-bond donors (Lipinski definition) is 2. The Morgan fingerprint density at radius 2 is 1.61 bits per heavy atom. The Kier molecular flexibility index (Phi) is 7.16. The third-order valence-electron chi connectivity index (χ3n) is 5.05. The van der Waals surface area contributed by atoms with Crippen molar-refractivity contribution in [2.75, 3.05) is 31.6 Å². The van der Waals surface area contributed by atoms with E-state index in [4.69, 9.17) is 15.2 Å². The normalized spacial score (nSPS) is 14.9. The third kappa shape index (κ3) is 6.57. The van der Waals surface area contributed by atoms with Crippen LogP contribution in [-0.4, -0.2) is 37.2 Å².